The predicted octanol–water partition coefficient (Wildman–Crippen LogP) is 1.38. The molecular formula is C17H21FN2O4. The molecule has 1 aliphatic heterocycles. The van der Waals surface area contributed by atoms with Gasteiger partial charge in [0.1, 0.15) is 11.4 Å². The normalized spacial score (nSPS) is 25.1. The van der Waals surface area contributed by atoms with E-state index in [2.05, 4.69) is 5.32 Å². The highest BCUT2D eigenvalue weighted by Crippen LogP contribution is 2.23. The van der Waals surface area contributed by atoms with E-state index < -0.39 is 17.3 Å². The van der Waals surface area contributed by atoms with Crippen molar-refractivity contribution in [3.05, 3.63) is 35.8 Å². The van der Waals surface area contributed by atoms with Crippen LogP contribution in [-0.4, -0.2) is 60.9 Å². The lowest BCUT2D eigenvalue weighted by molar-refractivity contribution is -0.105. The Morgan fingerprint density at radius 1 is 1.54 bits per heavy atom. The number of furan rings is 1. The molecule has 6 nitrogen and oxygen atoms in total. The molecule has 2 atom stereocenters. The van der Waals surface area contributed by atoms with Gasteiger partial charge >= 0.3 is 0 Å². The quantitative estimate of drug-likeness (QED) is 0.882. The highest BCUT2D eigenvalue weighted by Gasteiger charge is 2.40. The number of ether oxygens (including phenoxy) is 1. The van der Waals surface area contributed by atoms with Crippen LogP contribution in [0.15, 0.2) is 28.9 Å². The fourth-order valence-electron chi connectivity index (χ4n) is 2.99. The average Bonchev–Trinajstić information content (AvgIpc) is 3.02. The summed E-state index contributed by atoms with van der Waals surface area (Å²) in [5.41, 5.74) is -0.377. The molecule has 0 spiro atoms. The number of carbonyl (C=O) groups is 1. The second-order valence-electron chi connectivity index (χ2n) is 6.33. The Balaban J connectivity index is 1.77. The Morgan fingerprint density at radius 2 is 2.33 bits per heavy atom. The minimum Gasteiger partial charge on any atom is -0.464 e. The van der Waals surface area contributed by atoms with Gasteiger partial charge in [0.25, 0.3) is 5.91 Å². The van der Waals surface area contributed by atoms with Crippen molar-refractivity contribution in [3.63, 3.8) is 0 Å². The number of rotatable bonds is 4. The Morgan fingerprint density at radius 3 is 3.08 bits per heavy atom. The second kappa shape index (κ2) is 6.51. The van der Waals surface area contributed by atoms with E-state index in [-0.39, 0.29) is 24.8 Å². The summed E-state index contributed by atoms with van der Waals surface area (Å²) in [5, 5.41) is 13.2. The fourth-order valence-corrected chi connectivity index (χ4v) is 2.99. The van der Waals surface area contributed by atoms with Crippen molar-refractivity contribution in [3.8, 4) is 0 Å². The first kappa shape index (κ1) is 16.9. The average molecular weight is 336 g/mol. The largest absolute Gasteiger partial charge is 0.464 e. The first-order valence-electron chi connectivity index (χ1n) is 7.83. The van der Waals surface area contributed by atoms with Crippen molar-refractivity contribution in [2.75, 3.05) is 33.4 Å². The summed E-state index contributed by atoms with van der Waals surface area (Å²) in [5.74, 6) is -1.18. The summed E-state index contributed by atoms with van der Waals surface area (Å²) in [6.45, 7) is 2.84. The molecule has 0 aliphatic carbocycles. The number of morpholine rings is 1. The van der Waals surface area contributed by atoms with Gasteiger partial charge in [0, 0.05) is 24.0 Å². The SMILES string of the molecule is C[C@@H]1COC[C@@](CO)(CNC(=O)c2cc3ccoc3cc2F)N1C. The molecule has 3 rings (SSSR count). The summed E-state index contributed by atoms with van der Waals surface area (Å²) in [6.07, 6.45) is 1.45. The summed E-state index contributed by atoms with van der Waals surface area (Å²) in [6, 6.07) is 4.44. The van der Waals surface area contributed by atoms with Gasteiger partial charge in [-0.2, -0.15) is 0 Å². The zero-order chi connectivity index (χ0) is 17.3. The Hall–Kier alpha value is -1.96. The molecule has 1 aliphatic rings. The van der Waals surface area contributed by atoms with Crippen LogP contribution in [0.3, 0.4) is 0 Å². The number of likely N-dealkylation sites (N-methyl/N-ethyl adjacent to an activating group) is 1. The summed E-state index contributed by atoms with van der Waals surface area (Å²) in [4.78, 5) is 14.4. The number of carbonyl (C=O) groups excluding carboxylic acids is 1. The highest BCUT2D eigenvalue weighted by molar-refractivity contribution is 5.98. The van der Waals surface area contributed by atoms with Crippen molar-refractivity contribution in [2.24, 2.45) is 0 Å². The molecule has 0 bridgehead atoms. The lowest BCUT2D eigenvalue weighted by Gasteiger charge is -2.47. The van der Waals surface area contributed by atoms with E-state index in [0.29, 0.717) is 24.2 Å². The van der Waals surface area contributed by atoms with Gasteiger partial charge < -0.3 is 19.6 Å². The number of aliphatic hydroxyl groups is 1. The molecule has 0 radical (unpaired) electrons. The van der Waals surface area contributed by atoms with Crippen LogP contribution in [-0.2, 0) is 4.74 Å². The number of fused-ring (bicyclic) bond motifs is 1. The number of nitrogens with zero attached hydrogens (tertiary/aromatic N) is 1. The number of benzene rings is 1. The van der Waals surface area contributed by atoms with E-state index in [9.17, 15) is 14.3 Å². The maximum absolute atomic E-state index is 14.1. The monoisotopic (exact) mass is 336 g/mol. The maximum atomic E-state index is 14.1. The van der Waals surface area contributed by atoms with E-state index in [1.165, 1.54) is 18.4 Å². The number of hydrogen-bond donors (Lipinski definition) is 2. The van der Waals surface area contributed by atoms with E-state index >= 15 is 0 Å². The molecule has 7 heteroatoms. The third kappa shape index (κ3) is 2.90. The number of amides is 1. The number of hydrogen-bond acceptors (Lipinski definition) is 5. The van der Waals surface area contributed by atoms with E-state index in [0.717, 1.165) is 0 Å². The molecule has 2 N–H and O–H groups in total. The van der Waals surface area contributed by atoms with Crippen LogP contribution >= 0.6 is 0 Å². The molecule has 24 heavy (non-hydrogen) atoms. The third-order valence-electron chi connectivity index (χ3n) is 4.80. The van der Waals surface area contributed by atoms with Crippen molar-refractivity contribution >= 4 is 16.9 Å². The molecule has 1 aromatic carbocycles. The first-order valence-corrected chi connectivity index (χ1v) is 7.83. The van der Waals surface area contributed by atoms with Crippen molar-refractivity contribution < 1.29 is 23.4 Å². The Bertz CT molecular complexity index is 747. The zero-order valence-electron chi connectivity index (χ0n) is 13.7. The van der Waals surface area contributed by atoms with E-state index in [1.807, 2.05) is 18.9 Å². The molecule has 2 heterocycles. The van der Waals surface area contributed by atoms with Crippen LogP contribution in [0.5, 0.6) is 0 Å². The highest BCUT2D eigenvalue weighted by atomic mass is 19.1. The fraction of sp³-hybridized carbons (Fsp3) is 0.471. The molecule has 1 saturated heterocycles. The number of nitrogens with one attached hydrogen (secondary N) is 1. The van der Waals surface area contributed by atoms with Gasteiger partial charge in [-0.3, -0.25) is 9.69 Å². The molecule has 130 valence electrons. The molecule has 1 fully saturated rings. The molecule has 0 unspecified atom stereocenters. The van der Waals surface area contributed by atoms with Crippen molar-refractivity contribution in [1.29, 1.82) is 0 Å². The van der Waals surface area contributed by atoms with Gasteiger partial charge in [-0.25, -0.2) is 4.39 Å². The van der Waals surface area contributed by atoms with Gasteiger partial charge in [0.15, 0.2) is 0 Å². The lowest BCUT2D eigenvalue weighted by atomic mass is 9.95. The van der Waals surface area contributed by atoms with Gasteiger partial charge in [0.2, 0.25) is 0 Å². The van der Waals surface area contributed by atoms with E-state index in [4.69, 9.17) is 9.15 Å². The van der Waals surface area contributed by atoms with Crippen molar-refractivity contribution in [2.45, 2.75) is 18.5 Å². The smallest absolute Gasteiger partial charge is 0.254 e. The molecular weight excluding hydrogens is 315 g/mol. The molecule has 0 saturated carbocycles. The van der Waals surface area contributed by atoms with Crippen LogP contribution in [0.4, 0.5) is 4.39 Å². The topological polar surface area (TPSA) is 74.9 Å². The minimum atomic E-state index is -0.719. The molecule has 1 amide bonds. The van der Waals surface area contributed by atoms with E-state index in [1.54, 1.807) is 6.07 Å². The van der Waals surface area contributed by atoms with Crippen molar-refractivity contribution in [1.82, 2.24) is 10.2 Å². The van der Waals surface area contributed by atoms with Gasteiger partial charge in [-0.15, -0.1) is 0 Å². The Labute approximate surface area is 139 Å². The predicted molar refractivity (Wildman–Crippen MR) is 86.4 cm³/mol. The first-order chi connectivity index (χ1) is 11.5. The summed E-state index contributed by atoms with van der Waals surface area (Å²) in [7, 11) is 1.88. The van der Waals surface area contributed by atoms with Crippen LogP contribution < -0.4 is 5.32 Å². The summed E-state index contributed by atoms with van der Waals surface area (Å²) < 4.78 is 24.8. The third-order valence-corrected chi connectivity index (χ3v) is 4.80. The Kier molecular flexibility index (Phi) is 4.58. The van der Waals surface area contributed by atoms with Crippen LogP contribution in [0, 0.1) is 5.82 Å². The summed E-state index contributed by atoms with van der Waals surface area (Å²) >= 11 is 0. The standard InChI is InChI=1S/C17H21FN2O4/c1-11-7-23-10-17(9-21,20(11)2)8-19-16(22)13-5-12-3-4-24-15(12)6-14(13)18/h3-6,11,21H,7-10H2,1-2H3,(H,19,22)/t11-,17+/m1/s1. The van der Waals surface area contributed by atoms with Crippen LogP contribution in [0.2, 0.25) is 0 Å². The van der Waals surface area contributed by atoms with Gasteiger partial charge in [-0.1, -0.05) is 0 Å². The maximum Gasteiger partial charge on any atom is 0.254 e. The zero-order valence-corrected chi connectivity index (χ0v) is 13.7. The lowest BCUT2D eigenvalue weighted by Crippen LogP contribution is -2.65. The van der Waals surface area contributed by atoms with Crippen LogP contribution in [0.1, 0.15) is 17.3 Å². The van der Waals surface area contributed by atoms with Gasteiger partial charge in [-0.05, 0) is 26.1 Å². The minimum absolute atomic E-state index is 0.0515. The number of halogens is 1. The molecule has 1 aromatic heterocycles. The second-order valence-corrected chi connectivity index (χ2v) is 6.33. The van der Waals surface area contributed by atoms with Gasteiger partial charge in [0.05, 0.1) is 37.2 Å². The molecule has 2 aromatic rings. The van der Waals surface area contributed by atoms with Crippen LogP contribution in [0.25, 0.3) is 11.0 Å². The number of aliphatic hydroxyl groups excluding tert-OH is 1.